The standard InChI is InChI=1S/C24H30Cl2N4S/c1-24(2,3)30-22(23-7-5-15-31-23)16-18(27-30)6-4-10-28-11-13-29(14-12-28)19-8-9-20(25)21(26)17-19/h5,7-9,15-17H,4,6,10-14H2,1-3H3. The van der Waals surface area contributed by atoms with Crippen LogP contribution in [0.25, 0.3) is 10.6 Å². The van der Waals surface area contributed by atoms with Gasteiger partial charge in [-0.2, -0.15) is 5.10 Å². The second-order valence-corrected chi connectivity index (χ2v) is 10.9. The van der Waals surface area contributed by atoms with Crippen LogP contribution in [0.2, 0.25) is 10.0 Å². The molecule has 1 aliphatic heterocycles. The van der Waals surface area contributed by atoms with Crippen molar-refractivity contribution in [3.05, 3.63) is 57.5 Å². The SMILES string of the molecule is CC(C)(C)n1nc(CCCN2CCN(c3ccc(Cl)c(Cl)c3)CC2)cc1-c1cccs1. The van der Waals surface area contributed by atoms with Crippen LogP contribution < -0.4 is 4.90 Å². The number of hydrogen-bond acceptors (Lipinski definition) is 4. The molecular formula is C24H30Cl2N4S. The summed E-state index contributed by atoms with van der Waals surface area (Å²) in [5.74, 6) is 0. The van der Waals surface area contributed by atoms with Crippen molar-refractivity contribution in [2.24, 2.45) is 0 Å². The van der Waals surface area contributed by atoms with Crippen LogP contribution in [0.15, 0.2) is 41.8 Å². The molecule has 4 rings (SSSR count). The lowest BCUT2D eigenvalue weighted by atomic mass is 10.1. The Kier molecular flexibility index (Phi) is 6.97. The Morgan fingerprint density at radius 3 is 2.42 bits per heavy atom. The van der Waals surface area contributed by atoms with Crippen LogP contribution in [0.5, 0.6) is 0 Å². The van der Waals surface area contributed by atoms with Crippen molar-refractivity contribution in [3.8, 4) is 10.6 Å². The lowest BCUT2D eigenvalue weighted by Gasteiger charge is -2.36. The number of benzene rings is 1. The largest absolute Gasteiger partial charge is 0.369 e. The Labute approximate surface area is 199 Å². The van der Waals surface area contributed by atoms with Gasteiger partial charge in [-0.1, -0.05) is 29.3 Å². The fraction of sp³-hybridized carbons (Fsp3) is 0.458. The van der Waals surface area contributed by atoms with Crippen LogP contribution in [-0.4, -0.2) is 47.4 Å². The quantitative estimate of drug-likeness (QED) is 0.409. The highest BCUT2D eigenvalue weighted by Crippen LogP contribution is 2.30. The molecule has 2 aromatic heterocycles. The number of rotatable bonds is 6. The van der Waals surface area contributed by atoms with Gasteiger partial charge in [0.25, 0.3) is 0 Å². The van der Waals surface area contributed by atoms with E-state index in [1.807, 2.05) is 12.1 Å². The third-order valence-corrected chi connectivity index (χ3v) is 7.35. The number of anilines is 1. The molecule has 0 spiro atoms. The molecule has 3 aromatic rings. The zero-order chi connectivity index (χ0) is 22.0. The number of aromatic nitrogens is 2. The second kappa shape index (κ2) is 9.53. The molecule has 1 aromatic carbocycles. The first-order chi connectivity index (χ1) is 14.8. The van der Waals surface area contributed by atoms with E-state index in [9.17, 15) is 0 Å². The summed E-state index contributed by atoms with van der Waals surface area (Å²) < 4.78 is 2.18. The molecule has 0 aliphatic carbocycles. The maximum absolute atomic E-state index is 6.19. The van der Waals surface area contributed by atoms with E-state index in [1.165, 1.54) is 16.3 Å². The number of nitrogens with zero attached hydrogens (tertiary/aromatic N) is 4. The van der Waals surface area contributed by atoms with Gasteiger partial charge in [0.15, 0.2) is 0 Å². The van der Waals surface area contributed by atoms with Gasteiger partial charge in [0, 0.05) is 31.9 Å². The molecule has 0 bridgehead atoms. The average Bonchev–Trinajstić information content (AvgIpc) is 3.40. The summed E-state index contributed by atoms with van der Waals surface area (Å²) in [6, 6.07) is 12.5. The molecular weight excluding hydrogens is 447 g/mol. The van der Waals surface area contributed by atoms with Crippen LogP contribution in [0.3, 0.4) is 0 Å². The van der Waals surface area contributed by atoms with Crippen LogP contribution in [-0.2, 0) is 12.0 Å². The van der Waals surface area contributed by atoms with Crippen molar-refractivity contribution >= 4 is 40.2 Å². The molecule has 0 unspecified atom stereocenters. The average molecular weight is 478 g/mol. The second-order valence-electron chi connectivity index (χ2n) is 9.11. The molecule has 0 atom stereocenters. The maximum atomic E-state index is 6.19. The van der Waals surface area contributed by atoms with Gasteiger partial charge in [-0.3, -0.25) is 9.58 Å². The van der Waals surface area contributed by atoms with Gasteiger partial charge in [0.05, 0.1) is 31.8 Å². The normalized spacial score (nSPS) is 15.6. The molecule has 1 fully saturated rings. The molecule has 3 heterocycles. The number of halogens is 2. The molecule has 166 valence electrons. The fourth-order valence-corrected chi connectivity index (χ4v) is 5.08. The summed E-state index contributed by atoms with van der Waals surface area (Å²) in [5.41, 5.74) is 3.54. The molecule has 1 aliphatic rings. The van der Waals surface area contributed by atoms with E-state index in [4.69, 9.17) is 28.3 Å². The lowest BCUT2D eigenvalue weighted by molar-refractivity contribution is 0.254. The Morgan fingerprint density at radius 1 is 1.00 bits per heavy atom. The van der Waals surface area contributed by atoms with E-state index >= 15 is 0 Å². The zero-order valence-electron chi connectivity index (χ0n) is 18.4. The van der Waals surface area contributed by atoms with Crippen LogP contribution in [0.1, 0.15) is 32.9 Å². The first kappa shape index (κ1) is 22.7. The van der Waals surface area contributed by atoms with Gasteiger partial charge in [0.2, 0.25) is 0 Å². The van der Waals surface area contributed by atoms with Crippen molar-refractivity contribution in [3.63, 3.8) is 0 Å². The van der Waals surface area contributed by atoms with E-state index in [-0.39, 0.29) is 5.54 Å². The summed E-state index contributed by atoms with van der Waals surface area (Å²) in [4.78, 5) is 6.22. The van der Waals surface area contributed by atoms with Crippen molar-refractivity contribution < 1.29 is 0 Å². The molecule has 0 radical (unpaired) electrons. The van der Waals surface area contributed by atoms with E-state index in [0.29, 0.717) is 10.0 Å². The Bertz CT molecular complexity index is 999. The van der Waals surface area contributed by atoms with Gasteiger partial charge in [-0.15, -0.1) is 11.3 Å². The lowest BCUT2D eigenvalue weighted by Crippen LogP contribution is -2.46. The summed E-state index contributed by atoms with van der Waals surface area (Å²) >= 11 is 14.0. The van der Waals surface area contributed by atoms with Gasteiger partial charge < -0.3 is 4.90 Å². The molecule has 31 heavy (non-hydrogen) atoms. The summed E-state index contributed by atoms with van der Waals surface area (Å²) in [7, 11) is 0. The Morgan fingerprint density at radius 2 is 1.77 bits per heavy atom. The minimum absolute atomic E-state index is 0.0293. The Balaban J connectivity index is 1.31. The van der Waals surface area contributed by atoms with Crippen LogP contribution in [0.4, 0.5) is 5.69 Å². The Hall–Kier alpha value is -1.53. The summed E-state index contributed by atoms with van der Waals surface area (Å²) in [5, 5.41) is 8.33. The van der Waals surface area contributed by atoms with Crippen molar-refractivity contribution in [2.75, 3.05) is 37.6 Å². The molecule has 0 saturated carbocycles. The number of thiophene rings is 1. The van der Waals surface area contributed by atoms with Gasteiger partial charge in [-0.05, 0) is 75.9 Å². The monoisotopic (exact) mass is 476 g/mol. The first-order valence-electron chi connectivity index (χ1n) is 10.9. The molecule has 4 nitrogen and oxygen atoms in total. The minimum Gasteiger partial charge on any atom is -0.369 e. The highest BCUT2D eigenvalue weighted by molar-refractivity contribution is 7.13. The van der Waals surface area contributed by atoms with Crippen LogP contribution in [0, 0.1) is 0 Å². The predicted molar refractivity (Wildman–Crippen MR) is 134 cm³/mol. The van der Waals surface area contributed by atoms with Gasteiger partial charge in [0.1, 0.15) is 0 Å². The minimum atomic E-state index is -0.0293. The van der Waals surface area contributed by atoms with E-state index in [1.54, 1.807) is 11.3 Å². The first-order valence-corrected chi connectivity index (χ1v) is 12.5. The highest BCUT2D eigenvalue weighted by Gasteiger charge is 2.22. The molecule has 0 amide bonds. The van der Waals surface area contributed by atoms with Crippen molar-refractivity contribution in [1.29, 1.82) is 0 Å². The van der Waals surface area contributed by atoms with Crippen LogP contribution >= 0.6 is 34.5 Å². The topological polar surface area (TPSA) is 24.3 Å². The van der Waals surface area contributed by atoms with Crippen molar-refractivity contribution in [1.82, 2.24) is 14.7 Å². The summed E-state index contributed by atoms with van der Waals surface area (Å²) in [6.07, 6.45) is 2.13. The van der Waals surface area contributed by atoms with E-state index < -0.39 is 0 Å². The number of aryl methyl sites for hydroxylation is 1. The van der Waals surface area contributed by atoms with Gasteiger partial charge in [-0.25, -0.2) is 0 Å². The van der Waals surface area contributed by atoms with E-state index in [0.717, 1.165) is 51.3 Å². The number of piperazine rings is 1. The smallest absolute Gasteiger partial charge is 0.0791 e. The third kappa shape index (κ3) is 5.46. The van der Waals surface area contributed by atoms with Gasteiger partial charge >= 0.3 is 0 Å². The third-order valence-electron chi connectivity index (χ3n) is 5.72. The molecule has 7 heteroatoms. The molecule has 0 N–H and O–H groups in total. The maximum Gasteiger partial charge on any atom is 0.0791 e. The highest BCUT2D eigenvalue weighted by atomic mass is 35.5. The van der Waals surface area contributed by atoms with E-state index in [2.05, 4.69) is 64.9 Å². The molecule has 1 saturated heterocycles. The fourth-order valence-electron chi connectivity index (χ4n) is 4.06. The zero-order valence-corrected chi connectivity index (χ0v) is 20.8. The number of hydrogen-bond donors (Lipinski definition) is 0. The van der Waals surface area contributed by atoms with Crippen molar-refractivity contribution in [2.45, 2.75) is 39.2 Å². The summed E-state index contributed by atoms with van der Waals surface area (Å²) in [6.45, 7) is 11.9. The predicted octanol–water partition coefficient (Wildman–Crippen LogP) is 6.43.